The quantitative estimate of drug-likeness (QED) is 0.830. The Kier molecular flexibility index (Phi) is 4.21. The summed E-state index contributed by atoms with van der Waals surface area (Å²) < 4.78 is 24.9. The van der Waals surface area contributed by atoms with Crippen LogP contribution in [0.2, 0.25) is 0 Å². The minimum absolute atomic E-state index is 0.0262. The molecule has 3 rings (SSSR count). The van der Waals surface area contributed by atoms with E-state index >= 15 is 0 Å². The van der Waals surface area contributed by atoms with E-state index in [-0.39, 0.29) is 23.9 Å². The maximum absolute atomic E-state index is 12.4. The van der Waals surface area contributed by atoms with Crippen LogP contribution in [-0.4, -0.2) is 48.0 Å². The van der Waals surface area contributed by atoms with Crippen molar-refractivity contribution in [3.8, 4) is 0 Å². The predicted molar refractivity (Wildman–Crippen MR) is 83.4 cm³/mol. The summed E-state index contributed by atoms with van der Waals surface area (Å²) in [5, 5.41) is 1.35. The molecule has 1 unspecified atom stereocenters. The number of rotatable bonds is 2. The predicted octanol–water partition coefficient (Wildman–Crippen LogP) is 1.54. The van der Waals surface area contributed by atoms with E-state index in [2.05, 4.69) is 9.97 Å². The summed E-state index contributed by atoms with van der Waals surface area (Å²) in [6.45, 7) is 0.594. The van der Waals surface area contributed by atoms with Crippen molar-refractivity contribution in [2.24, 2.45) is 0 Å². The Hall–Kier alpha value is -1.80. The Morgan fingerprint density at radius 2 is 2.18 bits per heavy atom. The number of hydrogen-bond donors (Lipinski definition) is 0. The maximum atomic E-state index is 12.4. The highest BCUT2D eigenvalue weighted by Crippen LogP contribution is 2.32. The van der Waals surface area contributed by atoms with Gasteiger partial charge in [0, 0.05) is 30.4 Å². The molecule has 116 valence electrons. The number of amides is 1. The summed E-state index contributed by atoms with van der Waals surface area (Å²) in [6.07, 6.45) is 4.76. The van der Waals surface area contributed by atoms with Gasteiger partial charge in [-0.25, -0.2) is 13.4 Å². The number of thiophene rings is 1. The Labute approximate surface area is 132 Å². The Bertz CT molecular complexity index is 745. The zero-order chi connectivity index (χ0) is 15.6. The summed E-state index contributed by atoms with van der Waals surface area (Å²) in [4.78, 5) is 22.7. The topological polar surface area (TPSA) is 80.2 Å². The van der Waals surface area contributed by atoms with Crippen LogP contribution >= 0.6 is 11.3 Å². The second-order valence-corrected chi connectivity index (χ2v) is 8.32. The number of hydrogen-bond acceptors (Lipinski definition) is 6. The van der Waals surface area contributed by atoms with Gasteiger partial charge in [-0.15, -0.1) is 11.3 Å². The molecule has 0 spiro atoms. The summed E-state index contributed by atoms with van der Waals surface area (Å²) in [5.74, 6) is -0.295. The zero-order valence-corrected chi connectivity index (χ0v) is 13.4. The molecule has 0 saturated carbocycles. The summed E-state index contributed by atoms with van der Waals surface area (Å²) in [6, 6.07) is 3.69. The van der Waals surface area contributed by atoms with Gasteiger partial charge < -0.3 is 4.90 Å². The van der Waals surface area contributed by atoms with Gasteiger partial charge in [-0.05, 0) is 17.9 Å². The molecule has 1 amide bonds. The van der Waals surface area contributed by atoms with Gasteiger partial charge in [0.1, 0.15) is 5.69 Å². The zero-order valence-electron chi connectivity index (χ0n) is 11.8. The summed E-state index contributed by atoms with van der Waals surface area (Å²) in [7, 11) is -3.25. The Morgan fingerprint density at radius 3 is 2.86 bits per heavy atom. The largest absolute Gasteiger partial charge is 0.336 e. The molecule has 8 heteroatoms. The molecule has 1 atom stereocenters. The third-order valence-corrected chi connectivity index (χ3v) is 6.91. The fourth-order valence-corrected chi connectivity index (χ4v) is 5.52. The van der Waals surface area contributed by atoms with Gasteiger partial charge in [0.05, 0.1) is 17.2 Å². The third-order valence-electron chi connectivity index (χ3n) is 3.67. The number of aromatic nitrogens is 2. The summed E-state index contributed by atoms with van der Waals surface area (Å²) >= 11 is 1.44. The molecule has 2 aromatic rings. The Balaban J connectivity index is 1.81. The van der Waals surface area contributed by atoms with Crippen LogP contribution in [0, 0.1) is 0 Å². The molecule has 0 bridgehead atoms. The highest BCUT2D eigenvalue weighted by Gasteiger charge is 2.33. The van der Waals surface area contributed by atoms with Crippen molar-refractivity contribution in [3.63, 3.8) is 0 Å². The first-order chi connectivity index (χ1) is 10.6. The maximum Gasteiger partial charge on any atom is 0.274 e. The average molecular weight is 337 g/mol. The standard InChI is InChI=1S/C14H15N3O3S2/c18-14(11-10-15-4-5-16-11)17-6-3-13(12-2-1-8-21-12)22(19,20)9-7-17/h1-2,4-5,8,10,13H,3,6-7,9H2. The molecular formula is C14H15N3O3S2. The second kappa shape index (κ2) is 6.13. The lowest BCUT2D eigenvalue weighted by molar-refractivity contribution is 0.0760. The van der Waals surface area contributed by atoms with Gasteiger partial charge in [-0.3, -0.25) is 9.78 Å². The lowest BCUT2D eigenvalue weighted by Gasteiger charge is -2.19. The minimum Gasteiger partial charge on any atom is -0.336 e. The van der Waals surface area contributed by atoms with Crippen LogP contribution in [0.3, 0.4) is 0 Å². The van der Waals surface area contributed by atoms with E-state index in [0.29, 0.717) is 13.0 Å². The van der Waals surface area contributed by atoms with Crippen molar-refractivity contribution in [2.75, 3.05) is 18.8 Å². The van der Waals surface area contributed by atoms with Gasteiger partial charge >= 0.3 is 0 Å². The first-order valence-electron chi connectivity index (χ1n) is 6.88. The van der Waals surface area contributed by atoms with Crippen LogP contribution in [0.1, 0.15) is 27.0 Å². The molecule has 6 nitrogen and oxygen atoms in total. The van der Waals surface area contributed by atoms with E-state index < -0.39 is 15.1 Å². The molecule has 1 aliphatic rings. The van der Waals surface area contributed by atoms with Crippen LogP contribution in [-0.2, 0) is 9.84 Å². The fraction of sp³-hybridized carbons (Fsp3) is 0.357. The van der Waals surface area contributed by atoms with Crippen molar-refractivity contribution in [3.05, 3.63) is 46.7 Å². The van der Waals surface area contributed by atoms with Gasteiger partial charge in [0.25, 0.3) is 5.91 Å². The first kappa shape index (κ1) is 15.1. The van der Waals surface area contributed by atoms with E-state index in [4.69, 9.17) is 0 Å². The molecule has 22 heavy (non-hydrogen) atoms. The second-order valence-electron chi connectivity index (χ2n) is 5.04. The van der Waals surface area contributed by atoms with Gasteiger partial charge in [-0.1, -0.05) is 6.07 Å². The monoisotopic (exact) mass is 337 g/mol. The SMILES string of the molecule is O=C(c1cnccn1)N1CCC(c2cccs2)S(=O)(=O)CC1. The van der Waals surface area contributed by atoms with Crippen molar-refractivity contribution in [1.82, 2.24) is 14.9 Å². The van der Waals surface area contributed by atoms with Crippen LogP contribution in [0.25, 0.3) is 0 Å². The summed E-state index contributed by atoms with van der Waals surface area (Å²) in [5.41, 5.74) is 0.245. The lowest BCUT2D eigenvalue weighted by Crippen LogP contribution is -2.34. The van der Waals surface area contributed by atoms with Crippen molar-refractivity contribution < 1.29 is 13.2 Å². The molecule has 1 aliphatic heterocycles. The van der Waals surface area contributed by atoms with Crippen molar-refractivity contribution >= 4 is 27.1 Å². The molecule has 1 saturated heterocycles. The highest BCUT2D eigenvalue weighted by molar-refractivity contribution is 7.91. The van der Waals surface area contributed by atoms with E-state index in [9.17, 15) is 13.2 Å². The third kappa shape index (κ3) is 3.02. The lowest BCUT2D eigenvalue weighted by atomic mass is 10.2. The fourth-order valence-electron chi connectivity index (χ4n) is 2.51. The molecule has 2 aromatic heterocycles. The van der Waals surface area contributed by atoms with Crippen molar-refractivity contribution in [2.45, 2.75) is 11.7 Å². The van der Waals surface area contributed by atoms with Crippen LogP contribution in [0.15, 0.2) is 36.1 Å². The molecule has 3 heterocycles. The molecule has 0 aromatic carbocycles. The smallest absolute Gasteiger partial charge is 0.274 e. The molecule has 0 N–H and O–H groups in total. The first-order valence-corrected chi connectivity index (χ1v) is 9.48. The average Bonchev–Trinajstić information content (AvgIpc) is 2.99. The van der Waals surface area contributed by atoms with E-state index in [0.717, 1.165) is 4.88 Å². The number of sulfone groups is 1. The number of nitrogens with zero attached hydrogens (tertiary/aromatic N) is 3. The van der Waals surface area contributed by atoms with Gasteiger partial charge in [0.15, 0.2) is 9.84 Å². The Morgan fingerprint density at radius 1 is 1.32 bits per heavy atom. The van der Waals surface area contributed by atoms with Crippen LogP contribution in [0.5, 0.6) is 0 Å². The number of carbonyl (C=O) groups excluding carboxylic acids is 1. The van der Waals surface area contributed by atoms with Crippen LogP contribution in [0.4, 0.5) is 0 Å². The van der Waals surface area contributed by atoms with Gasteiger partial charge in [0.2, 0.25) is 0 Å². The van der Waals surface area contributed by atoms with E-state index in [1.54, 1.807) is 4.90 Å². The van der Waals surface area contributed by atoms with Crippen molar-refractivity contribution in [1.29, 1.82) is 0 Å². The normalized spacial score (nSPS) is 21.3. The molecule has 1 fully saturated rings. The highest BCUT2D eigenvalue weighted by atomic mass is 32.2. The van der Waals surface area contributed by atoms with E-state index in [1.807, 2.05) is 17.5 Å². The van der Waals surface area contributed by atoms with Gasteiger partial charge in [-0.2, -0.15) is 0 Å². The molecule has 0 radical (unpaired) electrons. The number of carbonyl (C=O) groups is 1. The van der Waals surface area contributed by atoms with Crippen LogP contribution < -0.4 is 0 Å². The molecular weight excluding hydrogens is 322 g/mol. The molecule has 0 aliphatic carbocycles. The van der Waals surface area contributed by atoms with E-state index in [1.165, 1.54) is 29.9 Å². The minimum atomic E-state index is -3.25.